The molecule has 0 amide bonds. The molecule has 0 spiro atoms. The number of nitrogens with zero attached hydrogens (tertiary/aromatic N) is 2. The predicted octanol–water partition coefficient (Wildman–Crippen LogP) is 2.66. The Hall–Kier alpha value is -1.27. The van der Waals surface area contributed by atoms with Crippen LogP contribution in [0.2, 0.25) is 0 Å². The van der Waals surface area contributed by atoms with Gasteiger partial charge < -0.3 is 10.3 Å². The zero-order chi connectivity index (χ0) is 11.7. The molecule has 0 bridgehead atoms. The van der Waals surface area contributed by atoms with Crippen molar-refractivity contribution in [3.05, 3.63) is 34.4 Å². The summed E-state index contributed by atoms with van der Waals surface area (Å²) in [5, 5.41) is 3.74. The van der Waals surface area contributed by atoms with Crippen LogP contribution in [-0.2, 0) is 0 Å². The summed E-state index contributed by atoms with van der Waals surface area (Å²) in [6, 6.07) is 4.06. The molecule has 0 fully saturated rings. The van der Waals surface area contributed by atoms with Crippen LogP contribution in [-0.4, -0.2) is 10.1 Å². The van der Waals surface area contributed by atoms with Crippen molar-refractivity contribution >= 4 is 15.9 Å². The van der Waals surface area contributed by atoms with Gasteiger partial charge >= 0.3 is 0 Å². The van der Waals surface area contributed by atoms with Gasteiger partial charge in [0.05, 0.1) is 6.04 Å². The lowest BCUT2D eigenvalue weighted by Crippen LogP contribution is -2.04. The van der Waals surface area contributed by atoms with Gasteiger partial charge in [-0.05, 0) is 25.1 Å². The van der Waals surface area contributed by atoms with Gasteiger partial charge in [-0.3, -0.25) is 0 Å². The summed E-state index contributed by atoms with van der Waals surface area (Å²) in [5.41, 5.74) is 6.13. The molecule has 0 saturated carbocycles. The molecule has 6 heteroatoms. The molecule has 2 rings (SSSR count). The average molecular weight is 286 g/mol. The zero-order valence-corrected chi connectivity index (χ0v) is 10.0. The summed E-state index contributed by atoms with van der Waals surface area (Å²) in [5.74, 6) is 0.291. The Morgan fingerprint density at radius 2 is 2.19 bits per heavy atom. The van der Waals surface area contributed by atoms with Crippen LogP contribution >= 0.6 is 15.9 Å². The fourth-order valence-corrected chi connectivity index (χ4v) is 1.69. The van der Waals surface area contributed by atoms with E-state index in [0.29, 0.717) is 21.8 Å². The molecule has 0 radical (unpaired) electrons. The average Bonchev–Trinajstić information content (AvgIpc) is 2.64. The van der Waals surface area contributed by atoms with Gasteiger partial charge in [0.1, 0.15) is 5.82 Å². The highest BCUT2D eigenvalue weighted by molar-refractivity contribution is 9.10. The monoisotopic (exact) mass is 285 g/mol. The van der Waals surface area contributed by atoms with Gasteiger partial charge in [-0.25, -0.2) is 4.39 Å². The lowest BCUT2D eigenvalue weighted by atomic mass is 10.2. The van der Waals surface area contributed by atoms with E-state index < -0.39 is 0 Å². The third-order valence-electron chi connectivity index (χ3n) is 1.95. The summed E-state index contributed by atoms with van der Waals surface area (Å²) >= 11 is 3.20. The van der Waals surface area contributed by atoms with Gasteiger partial charge in [-0.2, -0.15) is 4.98 Å². The predicted molar refractivity (Wildman–Crippen MR) is 60.0 cm³/mol. The normalized spacial score (nSPS) is 12.8. The van der Waals surface area contributed by atoms with Gasteiger partial charge in [0.2, 0.25) is 11.7 Å². The number of halogens is 2. The first-order chi connectivity index (χ1) is 7.56. The first-order valence-electron chi connectivity index (χ1n) is 4.62. The van der Waals surface area contributed by atoms with Gasteiger partial charge in [0, 0.05) is 10.0 Å². The number of aromatic nitrogens is 2. The number of benzene rings is 1. The number of hydrogen-bond donors (Lipinski definition) is 1. The van der Waals surface area contributed by atoms with E-state index in [-0.39, 0.29) is 11.9 Å². The van der Waals surface area contributed by atoms with Crippen LogP contribution in [0, 0.1) is 5.82 Å². The van der Waals surface area contributed by atoms with E-state index in [1.54, 1.807) is 13.0 Å². The molecule has 1 atom stereocenters. The second kappa shape index (κ2) is 4.31. The molecule has 2 aromatic rings. The molecule has 2 N–H and O–H groups in total. The highest BCUT2D eigenvalue weighted by Gasteiger charge is 2.12. The standard InChI is InChI=1S/C10H9BrFN3O/c1-5(13)10-14-9(15-16-10)6-2-7(11)4-8(12)3-6/h2-5H,13H2,1H3. The van der Waals surface area contributed by atoms with Crippen LogP contribution in [0.15, 0.2) is 27.2 Å². The highest BCUT2D eigenvalue weighted by atomic mass is 79.9. The van der Waals surface area contributed by atoms with Gasteiger partial charge in [-0.15, -0.1) is 0 Å². The molecular formula is C10H9BrFN3O. The van der Waals surface area contributed by atoms with E-state index in [1.165, 1.54) is 12.1 Å². The summed E-state index contributed by atoms with van der Waals surface area (Å²) in [6.45, 7) is 1.73. The van der Waals surface area contributed by atoms with Crippen molar-refractivity contribution in [3.8, 4) is 11.4 Å². The highest BCUT2D eigenvalue weighted by Crippen LogP contribution is 2.23. The maximum atomic E-state index is 13.1. The quantitative estimate of drug-likeness (QED) is 0.921. The van der Waals surface area contributed by atoms with Crippen molar-refractivity contribution in [2.75, 3.05) is 0 Å². The van der Waals surface area contributed by atoms with E-state index >= 15 is 0 Å². The minimum absolute atomic E-state index is 0.326. The summed E-state index contributed by atoms with van der Waals surface area (Å²) in [4.78, 5) is 4.07. The van der Waals surface area contributed by atoms with Crippen LogP contribution < -0.4 is 5.73 Å². The van der Waals surface area contributed by atoms with Crippen LogP contribution in [0.1, 0.15) is 18.9 Å². The largest absolute Gasteiger partial charge is 0.337 e. The van der Waals surface area contributed by atoms with Crippen molar-refractivity contribution in [3.63, 3.8) is 0 Å². The Labute approximate surface area is 99.8 Å². The molecule has 1 unspecified atom stereocenters. The van der Waals surface area contributed by atoms with Crippen molar-refractivity contribution < 1.29 is 8.91 Å². The van der Waals surface area contributed by atoms with Crippen molar-refractivity contribution in [1.29, 1.82) is 0 Å². The Balaban J connectivity index is 2.42. The van der Waals surface area contributed by atoms with Gasteiger partial charge in [0.25, 0.3) is 0 Å². The zero-order valence-electron chi connectivity index (χ0n) is 8.45. The molecule has 1 aromatic heterocycles. The Kier molecular flexibility index (Phi) is 3.02. The number of hydrogen-bond acceptors (Lipinski definition) is 4. The molecule has 84 valence electrons. The first kappa shape index (κ1) is 11.2. The maximum absolute atomic E-state index is 13.1. The van der Waals surface area contributed by atoms with Crippen LogP contribution in [0.3, 0.4) is 0 Å². The van der Waals surface area contributed by atoms with Crippen LogP contribution in [0.25, 0.3) is 11.4 Å². The Morgan fingerprint density at radius 1 is 1.44 bits per heavy atom. The topological polar surface area (TPSA) is 64.9 Å². The van der Waals surface area contributed by atoms with E-state index in [9.17, 15) is 4.39 Å². The van der Waals surface area contributed by atoms with Crippen LogP contribution in [0.5, 0.6) is 0 Å². The van der Waals surface area contributed by atoms with E-state index in [1.807, 2.05) is 0 Å². The number of nitrogens with two attached hydrogens (primary N) is 1. The first-order valence-corrected chi connectivity index (χ1v) is 5.41. The minimum Gasteiger partial charge on any atom is -0.337 e. The lowest BCUT2D eigenvalue weighted by molar-refractivity contribution is 0.362. The second-order valence-corrected chi connectivity index (χ2v) is 4.32. The van der Waals surface area contributed by atoms with Crippen molar-refractivity contribution in [2.45, 2.75) is 13.0 Å². The van der Waals surface area contributed by atoms with E-state index in [0.717, 1.165) is 0 Å². The second-order valence-electron chi connectivity index (χ2n) is 3.40. The minimum atomic E-state index is -0.364. The summed E-state index contributed by atoms with van der Waals surface area (Å²) in [6.07, 6.45) is 0. The molecule has 1 aromatic carbocycles. The lowest BCUT2D eigenvalue weighted by Gasteiger charge is -1.97. The molecule has 0 aliphatic rings. The summed E-state index contributed by atoms with van der Waals surface area (Å²) < 4.78 is 18.7. The Morgan fingerprint density at radius 3 is 2.75 bits per heavy atom. The Bertz CT molecular complexity index is 492. The van der Waals surface area contributed by atoms with Gasteiger partial charge in [-0.1, -0.05) is 21.1 Å². The van der Waals surface area contributed by atoms with Crippen LogP contribution in [0.4, 0.5) is 4.39 Å². The third kappa shape index (κ3) is 2.28. The molecule has 0 saturated heterocycles. The fourth-order valence-electron chi connectivity index (χ4n) is 1.22. The molecule has 1 heterocycles. The van der Waals surface area contributed by atoms with E-state index in [4.69, 9.17) is 10.3 Å². The fraction of sp³-hybridized carbons (Fsp3) is 0.200. The van der Waals surface area contributed by atoms with Gasteiger partial charge in [0.15, 0.2) is 0 Å². The molecule has 16 heavy (non-hydrogen) atoms. The third-order valence-corrected chi connectivity index (χ3v) is 2.41. The smallest absolute Gasteiger partial charge is 0.243 e. The molecule has 0 aliphatic carbocycles. The maximum Gasteiger partial charge on any atom is 0.243 e. The molecular weight excluding hydrogens is 277 g/mol. The van der Waals surface area contributed by atoms with Crippen molar-refractivity contribution in [2.24, 2.45) is 5.73 Å². The molecule has 0 aliphatic heterocycles. The van der Waals surface area contributed by atoms with Crippen molar-refractivity contribution in [1.82, 2.24) is 10.1 Å². The summed E-state index contributed by atoms with van der Waals surface area (Å²) in [7, 11) is 0. The SMILES string of the molecule is CC(N)c1nc(-c2cc(F)cc(Br)c2)no1. The molecule has 4 nitrogen and oxygen atoms in total. The van der Waals surface area contributed by atoms with E-state index in [2.05, 4.69) is 26.1 Å². The number of rotatable bonds is 2.